The highest BCUT2D eigenvalue weighted by Gasteiger charge is 2.28. The van der Waals surface area contributed by atoms with Gasteiger partial charge in [0.2, 0.25) is 0 Å². The second kappa shape index (κ2) is 4.90. The molecular formula is C11H13ClN2S. The van der Waals surface area contributed by atoms with E-state index in [0.29, 0.717) is 17.1 Å². The van der Waals surface area contributed by atoms with Crippen molar-refractivity contribution in [1.29, 1.82) is 5.41 Å². The normalized spacial score (nSPS) is 21.0. The molecule has 2 rings (SSSR count). The van der Waals surface area contributed by atoms with Crippen molar-refractivity contribution in [2.75, 3.05) is 11.6 Å². The summed E-state index contributed by atoms with van der Waals surface area (Å²) < 4.78 is 0. The Morgan fingerprint density at radius 3 is 2.80 bits per heavy atom. The third-order valence-corrected chi connectivity index (χ3v) is 3.90. The van der Waals surface area contributed by atoms with Gasteiger partial charge in [-0.3, -0.25) is 5.41 Å². The number of nitrogens with zero attached hydrogens (tertiary/aromatic N) is 1. The van der Waals surface area contributed by atoms with Crippen LogP contribution in [0.2, 0.25) is 0 Å². The Morgan fingerprint density at radius 1 is 1.40 bits per heavy atom. The van der Waals surface area contributed by atoms with Gasteiger partial charge in [0.1, 0.15) is 0 Å². The van der Waals surface area contributed by atoms with Crippen molar-refractivity contribution in [2.24, 2.45) is 0 Å². The fraction of sp³-hybridized carbons (Fsp3) is 0.364. The highest BCUT2D eigenvalue weighted by Crippen LogP contribution is 2.25. The van der Waals surface area contributed by atoms with Crippen LogP contribution in [0.25, 0.3) is 0 Å². The molecule has 80 valence electrons. The smallest absolute Gasteiger partial charge is 0.157 e. The first-order valence-corrected chi connectivity index (χ1v) is 6.41. The molecular weight excluding hydrogens is 228 g/mol. The van der Waals surface area contributed by atoms with Gasteiger partial charge in [-0.1, -0.05) is 42.1 Å². The minimum atomic E-state index is 0.310. The number of nitrogens with one attached hydrogen (secondary N) is 1. The fourth-order valence-corrected chi connectivity index (χ4v) is 3.06. The lowest BCUT2D eigenvalue weighted by Gasteiger charge is -2.23. The summed E-state index contributed by atoms with van der Waals surface area (Å²) in [6, 6.07) is 10.5. The Hall–Kier alpha value is -0.670. The van der Waals surface area contributed by atoms with Crippen molar-refractivity contribution in [3.05, 3.63) is 35.9 Å². The van der Waals surface area contributed by atoms with Crippen LogP contribution in [0.5, 0.6) is 0 Å². The maximum Gasteiger partial charge on any atom is 0.157 e. The number of benzene rings is 1. The summed E-state index contributed by atoms with van der Waals surface area (Å²) in [4.78, 5) is 2.08. The van der Waals surface area contributed by atoms with Gasteiger partial charge in [-0.25, -0.2) is 0 Å². The van der Waals surface area contributed by atoms with Crippen LogP contribution in [0.3, 0.4) is 0 Å². The molecule has 1 aliphatic rings. The zero-order valence-electron chi connectivity index (χ0n) is 8.32. The monoisotopic (exact) mass is 240 g/mol. The molecule has 4 heteroatoms. The Kier molecular flexibility index (Phi) is 3.54. The molecule has 0 aliphatic carbocycles. The molecule has 0 saturated carbocycles. The van der Waals surface area contributed by atoms with Gasteiger partial charge in [-0.15, -0.1) is 11.6 Å². The van der Waals surface area contributed by atoms with Gasteiger partial charge < -0.3 is 4.90 Å². The average molecular weight is 241 g/mol. The van der Waals surface area contributed by atoms with Crippen LogP contribution >= 0.6 is 23.4 Å². The first-order chi connectivity index (χ1) is 7.31. The summed E-state index contributed by atoms with van der Waals surface area (Å²) in [6.07, 6.45) is 0. The number of amidine groups is 1. The van der Waals surface area contributed by atoms with Gasteiger partial charge in [-0.2, -0.15) is 0 Å². The molecule has 0 aromatic heterocycles. The van der Waals surface area contributed by atoms with Crippen LogP contribution in [-0.4, -0.2) is 27.7 Å². The van der Waals surface area contributed by atoms with E-state index in [-0.39, 0.29) is 0 Å². The molecule has 1 aromatic rings. The largest absolute Gasteiger partial charge is 0.342 e. The second-order valence-electron chi connectivity index (χ2n) is 3.54. The molecule has 1 atom stereocenters. The molecule has 1 saturated heterocycles. The zero-order chi connectivity index (χ0) is 10.7. The molecule has 0 amide bonds. The minimum absolute atomic E-state index is 0.310. The number of rotatable bonds is 3. The maximum atomic E-state index is 7.82. The SMILES string of the molecule is N=C1SCC(CCl)N1Cc1ccccc1. The van der Waals surface area contributed by atoms with E-state index in [2.05, 4.69) is 17.0 Å². The van der Waals surface area contributed by atoms with E-state index in [0.717, 1.165) is 12.3 Å². The van der Waals surface area contributed by atoms with Crippen molar-refractivity contribution < 1.29 is 0 Å². The Balaban J connectivity index is 2.07. The summed E-state index contributed by atoms with van der Waals surface area (Å²) in [5.41, 5.74) is 1.24. The van der Waals surface area contributed by atoms with Gasteiger partial charge in [0.05, 0.1) is 6.04 Å². The lowest BCUT2D eigenvalue weighted by Crippen LogP contribution is -2.34. The van der Waals surface area contributed by atoms with Crippen molar-refractivity contribution in [3.8, 4) is 0 Å². The number of hydrogen-bond acceptors (Lipinski definition) is 2. The van der Waals surface area contributed by atoms with E-state index >= 15 is 0 Å². The average Bonchev–Trinajstić information content (AvgIpc) is 2.62. The second-order valence-corrected chi connectivity index (χ2v) is 4.86. The predicted molar refractivity (Wildman–Crippen MR) is 66.7 cm³/mol. The molecule has 15 heavy (non-hydrogen) atoms. The van der Waals surface area contributed by atoms with Crippen LogP contribution in [0, 0.1) is 5.41 Å². The first-order valence-electron chi connectivity index (χ1n) is 4.89. The summed E-state index contributed by atoms with van der Waals surface area (Å²) in [7, 11) is 0. The van der Waals surface area contributed by atoms with Crippen molar-refractivity contribution in [3.63, 3.8) is 0 Å². The standard InChI is InChI=1S/C11H13ClN2S/c12-6-10-8-15-11(13)14(10)7-9-4-2-1-3-5-9/h1-5,10,13H,6-8H2. The molecule has 1 aromatic carbocycles. The van der Waals surface area contributed by atoms with Gasteiger partial charge >= 0.3 is 0 Å². The topological polar surface area (TPSA) is 27.1 Å². The van der Waals surface area contributed by atoms with E-state index in [1.807, 2.05) is 18.2 Å². The van der Waals surface area contributed by atoms with Crippen LogP contribution in [0.4, 0.5) is 0 Å². The first kappa shape index (κ1) is 10.8. The lowest BCUT2D eigenvalue weighted by atomic mass is 10.2. The summed E-state index contributed by atoms with van der Waals surface area (Å²) >= 11 is 7.46. The highest BCUT2D eigenvalue weighted by atomic mass is 35.5. The molecule has 0 radical (unpaired) electrons. The summed E-state index contributed by atoms with van der Waals surface area (Å²) in [5, 5.41) is 8.46. The number of halogens is 1. The van der Waals surface area contributed by atoms with Crippen molar-refractivity contribution in [2.45, 2.75) is 12.6 Å². The highest BCUT2D eigenvalue weighted by molar-refractivity contribution is 8.14. The third-order valence-electron chi connectivity index (χ3n) is 2.49. The molecule has 0 bridgehead atoms. The van der Waals surface area contributed by atoms with Crippen molar-refractivity contribution in [1.82, 2.24) is 4.90 Å². The zero-order valence-corrected chi connectivity index (χ0v) is 9.89. The molecule has 1 heterocycles. The van der Waals surface area contributed by atoms with Crippen LogP contribution in [0.1, 0.15) is 5.56 Å². The van der Waals surface area contributed by atoms with Crippen molar-refractivity contribution >= 4 is 28.5 Å². The van der Waals surface area contributed by atoms with Gasteiger partial charge in [0.15, 0.2) is 5.17 Å². The van der Waals surface area contributed by atoms with E-state index in [4.69, 9.17) is 17.0 Å². The Morgan fingerprint density at radius 2 is 2.13 bits per heavy atom. The quantitative estimate of drug-likeness (QED) is 0.823. The van der Waals surface area contributed by atoms with Gasteiger partial charge in [0, 0.05) is 18.2 Å². The molecule has 1 N–H and O–H groups in total. The van der Waals surface area contributed by atoms with Crippen LogP contribution < -0.4 is 0 Å². The number of thioether (sulfide) groups is 1. The Bertz CT molecular complexity index is 342. The molecule has 2 nitrogen and oxygen atoms in total. The van der Waals surface area contributed by atoms with E-state index in [9.17, 15) is 0 Å². The lowest BCUT2D eigenvalue weighted by molar-refractivity contribution is 0.365. The fourth-order valence-electron chi connectivity index (χ4n) is 1.62. The summed E-state index contributed by atoms with van der Waals surface area (Å²) in [5.74, 6) is 1.54. The maximum absolute atomic E-state index is 7.82. The van der Waals surface area contributed by atoms with E-state index < -0.39 is 0 Å². The molecule has 1 aliphatic heterocycles. The van der Waals surface area contributed by atoms with Gasteiger partial charge in [-0.05, 0) is 5.56 Å². The van der Waals surface area contributed by atoms with Gasteiger partial charge in [0.25, 0.3) is 0 Å². The number of hydrogen-bond donors (Lipinski definition) is 1. The predicted octanol–water partition coefficient (Wildman–Crippen LogP) is 2.78. The van der Waals surface area contributed by atoms with Crippen LogP contribution in [-0.2, 0) is 6.54 Å². The molecule has 1 fully saturated rings. The third kappa shape index (κ3) is 2.47. The Labute approximate surface area is 99.1 Å². The minimum Gasteiger partial charge on any atom is -0.342 e. The molecule has 0 spiro atoms. The van der Waals surface area contributed by atoms with Crippen LogP contribution in [0.15, 0.2) is 30.3 Å². The van der Waals surface area contributed by atoms with E-state index in [1.54, 1.807) is 11.8 Å². The molecule has 1 unspecified atom stereocenters. The summed E-state index contributed by atoms with van der Waals surface area (Å²) in [6.45, 7) is 0.796. The van der Waals surface area contributed by atoms with E-state index in [1.165, 1.54) is 5.56 Å². The number of alkyl halides is 1.